The average Bonchev–Trinajstić information content (AvgIpc) is 2.50. The van der Waals surface area contributed by atoms with Crippen LogP contribution in [0.3, 0.4) is 0 Å². The quantitative estimate of drug-likeness (QED) is 0.780. The number of amides is 2. The topological polar surface area (TPSA) is 71.1 Å². The van der Waals surface area contributed by atoms with Crippen molar-refractivity contribution in [2.24, 2.45) is 5.92 Å². The number of carbonyl (C=O) groups is 2. The molecule has 1 unspecified atom stereocenters. The molecule has 2 aliphatic rings. The van der Waals surface area contributed by atoms with E-state index < -0.39 is 5.41 Å². The highest BCUT2D eigenvalue weighted by Crippen LogP contribution is 2.43. The van der Waals surface area contributed by atoms with Gasteiger partial charge in [-0.2, -0.15) is 0 Å². The summed E-state index contributed by atoms with van der Waals surface area (Å²) in [4.78, 5) is 28.2. The first-order chi connectivity index (χ1) is 9.73. The van der Waals surface area contributed by atoms with Crippen LogP contribution in [0.1, 0.15) is 31.2 Å². The van der Waals surface area contributed by atoms with Gasteiger partial charge in [0.1, 0.15) is 0 Å². The number of rotatable bonds is 2. The van der Waals surface area contributed by atoms with Crippen LogP contribution in [0.4, 0.5) is 0 Å². The van der Waals surface area contributed by atoms with Gasteiger partial charge in [-0.05, 0) is 56.0 Å². The third kappa shape index (κ3) is 2.12. The van der Waals surface area contributed by atoms with E-state index in [0.29, 0.717) is 12.8 Å². The summed E-state index contributed by atoms with van der Waals surface area (Å²) in [5, 5.41) is 5.88. The molecule has 2 fully saturated rings. The van der Waals surface area contributed by atoms with Crippen molar-refractivity contribution in [2.45, 2.75) is 31.1 Å². The average molecular weight is 273 g/mol. The molecule has 2 saturated heterocycles. The molecule has 1 aromatic heterocycles. The van der Waals surface area contributed by atoms with Crippen molar-refractivity contribution in [3.63, 3.8) is 0 Å². The standard InChI is InChI=1S/C15H19N3O2/c19-13-1-6-15(14(20)18-13,11-2-7-16-8-3-11)12-4-9-17-10-5-12/h2-3,7-8,12,17H,1,4-6,9-10H2,(H,18,19,20). The summed E-state index contributed by atoms with van der Waals surface area (Å²) in [7, 11) is 0. The number of aromatic nitrogens is 1. The summed E-state index contributed by atoms with van der Waals surface area (Å²) in [6.07, 6.45) is 6.39. The fraction of sp³-hybridized carbons (Fsp3) is 0.533. The molecule has 1 atom stereocenters. The Labute approximate surface area is 118 Å². The number of carbonyl (C=O) groups excluding carboxylic acids is 2. The Morgan fingerprint density at radius 2 is 1.85 bits per heavy atom. The van der Waals surface area contributed by atoms with Crippen LogP contribution in [0.25, 0.3) is 0 Å². The summed E-state index contributed by atoms with van der Waals surface area (Å²) >= 11 is 0. The van der Waals surface area contributed by atoms with Gasteiger partial charge in [0.25, 0.3) is 0 Å². The molecule has 0 aliphatic carbocycles. The summed E-state index contributed by atoms with van der Waals surface area (Å²) in [6.45, 7) is 1.86. The Morgan fingerprint density at radius 3 is 2.50 bits per heavy atom. The van der Waals surface area contributed by atoms with Crippen molar-refractivity contribution in [2.75, 3.05) is 13.1 Å². The lowest BCUT2D eigenvalue weighted by molar-refractivity contribution is -0.140. The Balaban J connectivity index is 2.02. The minimum atomic E-state index is -0.570. The third-order valence-electron chi connectivity index (χ3n) is 4.64. The van der Waals surface area contributed by atoms with Crippen LogP contribution in [0.15, 0.2) is 24.5 Å². The van der Waals surface area contributed by atoms with Crippen LogP contribution in [0.5, 0.6) is 0 Å². The molecule has 1 aromatic rings. The highest BCUT2D eigenvalue weighted by Gasteiger charge is 2.49. The number of hydrogen-bond donors (Lipinski definition) is 2. The van der Waals surface area contributed by atoms with Gasteiger partial charge in [0.05, 0.1) is 5.41 Å². The Hall–Kier alpha value is -1.75. The van der Waals surface area contributed by atoms with Crippen molar-refractivity contribution >= 4 is 11.8 Å². The van der Waals surface area contributed by atoms with Gasteiger partial charge in [-0.15, -0.1) is 0 Å². The predicted octanol–water partition coefficient (Wildman–Crippen LogP) is 0.756. The zero-order valence-corrected chi connectivity index (χ0v) is 11.4. The molecule has 0 radical (unpaired) electrons. The van der Waals surface area contributed by atoms with Gasteiger partial charge in [0.2, 0.25) is 11.8 Å². The van der Waals surface area contributed by atoms with E-state index in [1.807, 2.05) is 12.1 Å². The van der Waals surface area contributed by atoms with Gasteiger partial charge in [0, 0.05) is 18.8 Å². The summed E-state index contributed by atoms with van der Waals surface area (Å²) in [5.41, 5.74) is 0.420. The lowest BCUT2D eigenvalue weighted by atomic mass is 9.62. The van der Waals surface area contributed by atoms with Crippen LogP contribution in [0, 0.1) is 5.92 Å². The molecule has 2 aliphatic heterocycles. The van der Waals surface area contributed by atoms with Gasteiger partial charge in [-0.25, -0.2) is 0 Å². The molecule has 0 spiro atoms. The van der Waals surface area contributed by atoms with Crippen LogP contribution in [-0.4, -0.2) is 29.9 Å². The molecule has 20 heavy (non-hydrogen) atoms. The smallest absolute Gasteiger partial charge is 0.237 e. The molecule has 5 nitrogen and oxygen atoms in total. The Morgan fingerprint density at radius 1 is 1.15 bits per heavy atom. The van der Waals surface area contributed by atoms with E-state index in [9.17, 15) is 9.59 Å². The van der Waals surface area contributed by atoms with Crippen molar-refractivity contribution in [1.82, 2.24) is 15.6 Å². The van der Waals surface area contributed by atoms with Gasteiger partial charge in [0.15, 0.2) is 0 Å². The van der Waals surface area contributed by atoms with Crippen LogP contribution in [0.2, 0.25) is 0 Å². The first-order valence-electron chi connectivity index (χ1n) is 7.19. The van der Waals surface area contributed by atoms with Gasteiger partial charge < -0.3 is 5.32 Å². The zero-order chi connectivity index (χ0) is 14.0. The molecule has 106 valence electrons. The molecule has 5 heteroatoms. The summed E-state index contributed by atoms with van der Waals surface area (Å²) in [5.74, 6) is -0.0142. The van der Waals surface area contributed by atoms with E-state index in [4.69, 9.17) is 0 Å². The van der Waals surface area contributed by atoms with Crippen molar-refractivity contribution in [3.8, 4) is 0 Å². The van der Waals surface area contributed by atoms with Gasteiger partial charge >= 0.3 is 0 Å². The van der Waals surface area contributed by atoms with E-state index in [-0.39, 0.29) is 17.7 Å². The van der Waals surface area contributed by atoms with E-state index in [1.54, 1.807) is 12.4 Å². The molecule has 2 amide bonds. The van der Waals surface area contributed by atoms with E-state index in [2.05, 4.69) is 15.6 Å². The largest absolute Gasteiger partial charge is 0.317 e. The molecule has 3 heterocycles. The van der Waals surface area contributed by atoms with Crippen molar-refractivity contribution in [3.05, 3.63) is 30.1 Å². The maximum absolute atomic E-state index is 12.7. The van der Waals surface area contributed by atoms with E-state index in [1.165, 1.54) is 0 Å². The highest BCUT2D eigenvalue weighted by atomic mass is 16.2. The Kier molecular flexibility index (Phi) is 3.53. The molecular formula is C15H19N3O2. The predicted molar refractivity (Wildman–Crippen MR) is 73.9 cm³/mol. The van der Waals surface area contributed by atoms with Crippen molar-refractivity contribution < 1.29 is 9.59 Å². The first kappa shape index (κ1) is 13.2. The number of piperidine rings is 2. The highest BCUT2D eigenvalue weighted by molar-refractivity contribution is 6.03. The molecule has 0 saturated carbocycles. The molecule has 2 N–H and O–H groups in total. The second-order valence-corrected chi connectivity index (χ2v) is 5.61. The van der Waals surface area contributed by atoms with E-state index in [0.717, 1.165) is 31.5 Å². The number of hydrogen-bond acceptors (Lipinski definition) is 4. The molecular weight excluding hydrogens is 254 g/mol. The monoisotopic (exact) mass is 273 g/mol. The SMILES string of the molecule is O=C1CCC(c2ccncc2)(C2CCNCC2)C(=O)N1. The maximum atomic E-state index is 12.7. The summed E-state index contributed by atoms with van der Waals surface area (Å²) < 4.78 is 0. The summed E-state index contributed by atoms with van der Waals surface area (Å²) in [6, 6.07) is 3.83. The number of pyridine rings is 1. The number of imide groups is 1. The van der Waals surface area contributed by atoms with E-state index >= 15 is 0 Å². The third-order valence-corrected chi connectivity index (χ3v) is 4.64. The first-order valence-corrected chi connectivity index (χ1v) is 7.19. The lowest BCUT2D eigenvalue weighted by Crippen LogP contribution is -2.57. The minimum Gasteiger partial charge on any atom is -0.317 e. The fourth-order valence-electron chi connectivity index (χ4n) is 3.59. The normalized spacial score (nSPS) is 28.2. The van der Waals surface area contributed by atoms with Crippen LogP contribution >= 0.6 is 0 Å². The fourth-order valence-corrected chi connectivity index (χ4v) is 3.59. The number of nitrogens with one attached hydrogen (secondary N) is 2. The van der Waals surface area contributed by atoms with Crippen LogP contribution < -0.4 is 10.6 Å². The molecule has 3 rings (SSSR count). The van der Waals surface area contributed by atoms with Gasteiger partial charge in [-0.1, -0.05) is 0 Å². The zero-order valence-electron chi connectivity index (χ0n) is 11.4. The van der Waals surface area contributed by atoms with Gasteiger partial charge in [-0.3, -0.25) is 19.9 Å². The number of nitrogens with zero attached hydrogens (tertiary/aromatic N) is 1. The molecule has 0 aromatic carbocycles. The lowest BCUT2D eigenvalue weighted by Gasteiger charge is -2.43. The Bertz CT molecular complexity index is 511. The second-order valence-electron chi connectivity index (χ2n) is 5.61. The molecule has 0 bridgehead atoms. The second kappa shape index (κ2) is 5.32. The van der Waals surface area contributed by atoms with Crippen LogP contribution in [-0.2, 0) is 15.0 Å². The van der Waals surface area contributed by atoms with Crippen molar-refractivity contribution in [1.29, 1.82) is 0 Å². The maximum Gasteiger partial charge on any atom is 0.237 e. The minimum absolute atomic E-state index is 0.133.